The smallest absolute Gasteiger partial charge is 0.129 e. The fraction of sp³-hybridized carbons (Fsp3) is 0.500. The van der Waals surface area contributed by atoms with Crippen LogP contribution in [0.1, 0.15) is 11.7 Å². The van der Waals surface area contributed by atoms with Crippen LogP contribution in [-0.2, 0) is 0 Å². The zero-order valence-corrected chi connectivity index (χ0v) is 11.0. The number of halogens is 1. The van der Waals surface area contributed by atoms with E-state index in [-0.39, 0.29) is 5.25 Å². The molecule has 2 unspecified atom stereocenters. The highest BCUT2D eigenvalue weighted by Gasteiger charge is 2.26. The molecule has 2 atom stereocenters. The summed E-state index contributed by atoms with van der Waals surface area (Å²) in [7, 11) is 0. The van der Waals surface area contributed by atoms with Crippen molar-refractivity contribution in [2.75, 3.05) is 23.0 Å². The first-order chi connectivity index (χ1) is 7.68. The van der Waals surface area contributed by atoms with Gasteiger partial charge >= 0.3 is 0 Å². The van der Waals surface area contributed by atoms with Crippen molar-refractivity contribution in [2.45, 2.75) is 11.4 Å². The number of nitrogens with two attached hydrogens (primary N) is 1. The Bertz CT molecular complexity index is 372. The standard InChI is InChI=1S/C10H13ClN2OS2/c11-6-3-7(10(12)13-4-6)9(14)8-5-15-1-2-16-8/h3-4,8-9,14H,1-2,5H2,(H2,12,13). The number of anilines is 1. The molecule has 0 aromatic carbocycles. The lowest BCUT2D eigenvalue weighted by Crippen LogP contribution is -2.23. The molecule has 1 aliphatic rings. The molecular formula is C10H13ClN2OS2. The predicted octanol–water partition coefficient (Wildman–Crippen LogP) is 2.20. The van der Waals surface area contributed by atoms with E-state index in [0.717, 1.165) is 17.3 Å². The van der Waals surface area contributed by atoms with Crippen molar-refractivity contribution in [2.24, 2.45) is 0 Å². The van der Waals surface area contributed by atoms with Crippen LogP contribution in [0.5, 0.6) is 0 Å². The van der Waals surface area contributed by atoms with Gasteiger partial charge in [-0.2, -0.15) is 23.5 Å². The number of nitrogens with zero attached hydrogens (tertiary/aromatic N) is 1. The molecule has 6 heteroatoms. The first-order valence-electron chi connectivity index (χ1n) is 4.97. The van der Waals surface area contributed by atoms with Gasteiger partial charge in [-0.3, -0.25) is 0 Å². The average molecular weight is 277 g/mol. The zero-order chi connectivity index (χ0) is 11.5. The molecule has 3 nitrogen and oxygen atoms in total. The van der Waals surface area contributed by atoms with Crippen LogP contribution >= 0.6 is 35.1 Å². The predicted molar refractivity (Wildman–Crippen MR) is 72.2 cm³/mol. The van der Waals surface area contributed by atoms with E-state index < -0.39 is 6.10 Å². The van der Waals surface area contributed by atoms with E-state index in [1.807, 2.05) is 11.8 Å². The summed E-state index contributed by atoms with van der Waals surface area (Å²) >= 11 is 9.50. The highest BCUT2D eigenvalue weighted by Crippen LogP contribution is 2.35. The van der Waals surface area contributed by atoms with Crippen molar-refractivity contribution in [1.82, 2.24) is 4.98 Å². The van der Waals surface area contributed by atoms with Crippen molar-refractivity contribution in [3.63, 3.8) is 0 Å². The summed E-state index contributed by atoms with van der Waals surface area (Å²) in [6.07, 6.45) is 0.916. The van der Waals surface area contributed by atoms with Crippen LogP contribution in [0.15, 0.2) is 12.3 Å². The molecule has 2 rings (SSSR count). The van der Waals surface area contributed by atoms with Gasteiger partial charge in [-0.1, -0.05) is 11.6 Å². The molecule has 1 aromatic rings. The first-order valence-corrected chi connectivity index (χ1v) is 7.55. The lowest BCUT2D eigenvalue weighted by Gasteiger charge is -2.26. The molecule has 1 aliphatic heterocycles. The number of aliphatic hydroxyl groups excluding tert-OH is 1. The second kappa shape index (κ2) is 5.49. The molecule has 0 aliphatic carbocycles. The second-order valence-corrected chi connectivity index (χ2v) is 6.49. The van der Waals surface area contributed by atoms with Gasteiger partial charge in [0.25, 0.3) is 0 Å². The molecule has 0 saturated carbocycles. The lowest BCUT2D eigenvalue weighted by atomic mass is 10.1. The largest absolute Gasteiger partial charge is 0.387 e. The maximum absolute atomic E-state index is 10.2. The number of pyridine rings is 1. The maximum Gasteiger partial charge on any atom is 0.129 e. The minimum absolute atomic E-state index is 0.182. The Balaban J connectivity index is 2.18. The molecule has 1 fully saturated rings. The normalized spacial score (nSPS) is 23.0. The summed E-state index contributed by atoms with van der Waals surface area (Å²) in [5.41, 5.74) is 6.40. The van der Waals surface area contributed by atoms with E-state index in [4.69, 9.17) is 17.3 Å². The second-order valence-electron chi connectivity index (χ2n) is 3.56. The Hall–Kier alpha value is -0.100. The lowest BCUT2D eigenvalue weighted by molar-refractivity contribution is 0.181. The van der Waals surface area contributed by atoms with Crippen molar-refractivity contribution in [3.05, 3.63) is 22.8 Å². The molecule has 16 heavy (non-hydrogen) atoms. The molecule has 0 radical (unpaired) electrons. The molecule has 1 aromatic heterocycles. The Labute approximate surface area is 108 Å². The Morgan fingerprint density at radius 3 is 3.06 bits per heavy atom. The highest BCUT2D eigenvalue weighted by atomic mass is 35.5. The fourth-order valence-corrected chi connectivity index (χ4v) is 4.50. The first kappa shape index (κ1) is 12.4. The van der Waals surface area contributed by atoms with E-state index in [2.05, 4.69) is 4.98 Å². The van der Waals surface area contributed by atoms with Crippen molar-refractivity contribution < 1.29 is 5.11 Å². The molecular weight excluding hydrogens is 264 g/mol. The van der Waals surface area contributed by atoms with Crippen LogP contribution in [0.25, 0.3) is 0 Å². The molecule has 1 saturated heterocycles. The number of thioether (sulfide) groups is 2. The average Bonchev–Trinajstić information content (AvgIpc) is 2.32. The number of nitrogen functional groups attached to an aromatic ring is 1. The number of aliphatic hydroxyl groups is 1. The van der Waals surface area contributed by atoms with E-state index in [1.54, 1.807) is 17.8 Å². The number of aromatic nitrogens is 1. The van der Waals surface area contributed by atoms with Gasteiger partial charge in [-0.15, -0.1) is 0 Å². The third kappa shape index (κ3) is 2.77. The van der Waals surface area contributed by atoms with Crippen LogP contribution in [-0.4, -0.2) is 32.6 Å². The van der Waals surface area contributed by atoms with Gasteiger partial charge in [0.2, 0.25) is 0 Å². The molecule has 0 spiro atoms. The quantitative estimate of drug-likeness (QED) is 0.867. The summed E-state index contributed by atoms with van der Waals surface area (Å²) in [5, 5.41) is 10.9. The van der Waals surface area contributed by atoms with Crippen LogP contribution in [0.4, 0.5) is 5.82 Å². The monoisotopic (exact) mass is 276 g/mol. The maximum atomic E-state index is 10.2. The Morgan fingerprint density at radius 1 is 1.56 bits per heavy atom. The summed E-state index contributed by atoms with van der Waals surface area (Å²) in [4.78, 5) is 3.96. The molecule has 0 amide bonds. The highest BCUT2D eigenvalue weighted by molar-refractivity contribution is 8.06. The van der Waals surface area contributed by atoms with E-state index in [0.29, 0.717) is 16.4 Å². The van der Waals surface area contributed by atoms with Crippen LogP contribution in [0.2, 0.25) is 5.02 Å². The fourth-order valence-electron chi connectivity index (χ4n) is 1.59. The van der Waals surface area contributed by atoms with Gasteiger partial charge in [-0.05, 0) is 6.07 Å². The Morgan fingerprint density at radius 2 is 2.38 bits per heavy atom. The van der Waals surface area contributed by atoms with Crippen molar-refractivity contribution >= 4 is 40.9 Å². The SMILES string of the molecule is Nc1ncc(Cl)cc1C(O)C1CSCCS1. The topological polar surface area (TPSA) is 59.1 Å². The summed E-state index contributed by atoms with van der Waals surface area (Å²) in [6, 6.07) is 1.70. The van der Waals surface area contributed by atoms with Gasteiger partial charge in [0.05, 0.1) is 11.1 Å². The van der Waals surface area contributed by atoms with Gasteiger partial charge in [0.15, 0.2) is 0 Å². The van der Waals surface area contributed by atoms with Crippen LogP contribution < -0.4 is 5.73 Å². The van der Waals surface area contributed by atoms with Crippen LogP contribution in [0, 0.1) is 0 Å². The van der Waals surface area contributed by atoms with E-state index >= 15 is 0 Å². The summed E-state index contributed by atoms with van der Waals surface area (Å²) in [6.45, 7) is 0. The van der Waals surface area contributed by atoms with Crippen molar-refractivity contribution in [3.8, 4) is 0 Å². The number of hydrogen-bond acceptors (Lipinski definition) is 5. The van der Waals surface area contributed by atoms with Gasteiger partial charge in [0.1, 0.15) is 5.82 Å². The van der Waals surface area contributed by atoms with Gasteiger partial charge in [-0.25, -0.2) is 4.98 Å². The number of rotatable bonds is 2. The third-order valence-electron chi connectivity index (χ3n) is 2.43. The third-order valence-corrected chi connectivity index (χ3v) is 5.48. The minimum atomic E-state index is -0.580. The summed E-state index contributed by atoms with van der Waals surface area (Å²) in [5.74, 6) is 3.53. The van der Waals surface area contributed by atoms with Crippen LogP contribution in [0.3, 0.4) is 0 Å². The molecule has 88 valence electrons. The molecule has 0 bridgehead atoms. The zero-order valence-electron chi connectivity index (χ0n) is 8.60. The van der Waals surface area contributed by atoms with Gasteiger partial charge in [0, 0.05) is 34.3 Å². The van der Waals surface area contributed by atoms with E-state index in [1.165, 1.54) is 6.20 Å². The summed E-state index contributed by atoms with van der Waals surface area (Å²) < 4.78 is 0. The van der Waals surface area contributed by atoms with Crippen molar-refractivity contribution in [1.29, 1.82) is 0 Å². The molecule has 2 heterocycles. The van der Waals surface area contributed by atoms with Gasteiger partial charge < -0.3 is 10.8 Å². The Kier molecular flexibility index (Phi) is 4.24. The molecule has 3 N–H and O–H groups in total. The van der Waals surface area contributed by atoms with E-state index in [9.17, 15) is 5.11 Å². The number of hydrogen-bond donors (Lipinski definition) is 2. The minimum Gasteiger partial charge on any atom is -0.387 e.